The van der Waals surface area contributed by atoms with Crippen molar-refractivity contribution in [1.29, 1.82) is 5.26 Å². The smallest absolute Gasteiger partial charge is 0.145 e. The Bertz CT molecular complexity index is 325. The minimum absolute atomic E-state index is 0.563. The predicted molar refractivity (Wildman–Crippen MR) is 59.0 cm³/mol. The van der Waals surface area contributed by atoms with Gasteiger partial charge < -0.3 is 10.6 Å². The van der Waals surface area contributed by atoms with Gasteiger partial charge in [0.2, 0.25) is 0 Å². The molecular weight excluding hydrogens is 190 g/mol. The van der Waals surface area contributed by atoms with E-state index in [2.05, 4.69) is 16.1 Å². The molecule has 0 aromatic carbocycles. The monoisotopic (exact) mass is 207 g/mol. The fraction of sp³-hybridized carbons (Fsp3) is 0.600. The number of aromatic nitrogens is 2. The molecule has 0 saturated heterocycles. The number of rotatable bonds is 6. The Morgan fingerprint density at radius 3 is 3.00 bits per heavy atom. The van der Waals surface area contributed by atoms with E-state index in [4.69, 9.17) is 11.0 Å². The van der Waals surface area contributed by atoms with E-state index < -0.39 is 0 Å². The minimum atomic E-state index is 0.563. The molecule has 0 unspecified atom stereocenters. The summed E-state index contributed by atoms with van der Waals surface area (Å²) in [7, 11) is 2.02. The SMILES string of the molecule is CN(CCC#N)CCCn1ccc(N)n1. The second kappa shape index (κ2) is 6.04. The molecule has 0 radical (unpaired) electrons. The Morgan fingerprint density at radius 1 is 1.60 bits per heavy atom. The van der Waals surface area contributed by atoms with E-state index in [1.165, 1.54) is 0 Å². The van der Waals surface area contributed by atoms with Crippen molar-refractivity contribution in [3.63, 3.8) is 0 Å². The van der Waals surface area contributed by atoms with Crippen molar-refractivity contribution in [2.24, 2.45) is 0 Å². The van der Waals surface area contributed by atoms with Gasteiger partial charge in [-0.05, 0) is 26.1 Å². The maximum atomic E-state index is 8.42. The molecule has 15 heavy (non-hydrogen) atoms. The first-order valence-electron chi connectivity index (χ1n) is 5.07. The summed E-state index contributed by atoms with van der Waals surface area (Å²) in [5.41, 5.74) is 5.50. The van der Waals surface area contributed by atoms with Gasteiger partial charge in [-0.15, -0.1) is 0 Å². The van der Waals surface area contributed by atoms with Gasteiger partial charge in [0.25, 0.3) is 0 Å². The molecule has 5 heteroatoms. The summed E-state index contributed by atoms with van der Waals surface area (Å²) >= 11 is 0. The largest absolute Gasteiger partial charge is 0.382 e. The lowest BCUT2D eigenvalue weighted by Crippen LogP contribution is -2.21. The van der Waals surface area contributed by atoms with Gasteiger partial charge in [0.1, 0.15) is 5.82 Å². The van der Waals surface area contributed by atoms with Gasteiger partial charge in [-0.2, -0.15) is 10.4 Å². The van der Waals surface area contributed by atoms with E-state index in [0.29, 0.717) is 12.2 Å². The Kier molecular flexibility index (Phi) is 4.64. The van der Waals surface area contributed by atoms with Crippen LogP contribution in [0.5, 0.6) is 0 Å². The third kappa shape index (κ3) is 4.47. The molecule has 0 bridgehead atoms. The summed E-state index contributed by atoms with van der Waals surface area (Å²) in [5.74, 6) is 0.563. The molecule has 1 aromatic heterocycles. The second-order valence-corrected chi connectivity index (χ2v) is 3.57. The molecule has 0 aliphatic heterocycles. The van der Waals surface area contributed by atoms with Gasteiger partial charge in [0.05, 0.1) is 6.07 Å². The summed E-state index contributed by atoms with van der Waals surface area (Å²) in [4.78, 5) is 2.15. The number of hydrogen-bond donors (Lipinski definition) is 1. The summed E-state index contributed by atoms with van der Waals surface area (Å²) in [6, 6.07) is 3.93. The van der Waals surface area contributed by atoms with Crippen LogP contribution in [0.3, 0.4) is 0 Å². The lowest BCUT2D eigenvalue weighted by atomic mass is 10.3. The van der Waals surface area contributed by atoms with Crippen molar-refractivity contribution in [1.82, 2.24) is 14.7 Å². The molecule has 0 aliphatic rings. The Balaban J connectivity index is 2.14. The number of anilines is 1. The van der Waals surface area contributed by atoms with Crippen molar-refractivity contribution >= 4 is 5.82 Å². The van der Waals surface area contributed by atoms with Crippen LogP contribution in [0, 0.1) is 11.3 Å². The van der Waals surface area contributed by atoms with Gasteiger partial charge in [-0.1, -0.05) is 0 Å². The number of nitrogens with two attached hydrogens (primary N) is 1. The predicted octanol–water partition coefficient (Wildman–Crippen LogP) is 0.701. The van der Waals surface area contributed by atoms with Crippen molar-refractivity contribution in [3.8, 4) is 6.07 Å². The topological polar surface area (TPSA) is 70.9 Å². The van der Waals surface area contributed by atoms with E-state index in [0.717, 1.165) is 26.1 Å². The third-order valence-electron chi connectivity index (χ3n) is 2.19. The molecule has 2 N–H and O–H groups in total. The maximum absolute atomic E-state index is 8.42. The lowest BCUT2D eigenvalue weighted by molar-refractivity contribution is 0.325. The highest BCUT2D eigenvalue weighted by atomic mass is 15.3. The highest BCUT2D eigenvalue weighted by molar-refractivity contribution is 5.23. The lowest BCUT2D eigenvalue weighted by Gasteiger charge is -2.14. The zero-order valence-electron chi connectivity index (χ0n) is 9.06. The van der Waals surface area contributed by atoms with E-state index in [1.54, 1.807) is 6.07 Å². The van der Waals surface area contributed by atoms with Gasteiger partial charge in [0, 0.05) is 25.7 Å². The zero-order chi connectivity index (χ0) is 11.1. The van der Waals surface area contributed by atoms with E-state index in [1.807, 2.05) is 17.9 Å². The Hall–Kier alpha value is -1.54. The molecule has 1 rings (SSSR count). The average Bonchev–Trinajstić information content (AvgIpc) is 2.61. The molecule has 0 atom stereocenters. The second-order valence-electron chi connectivity index (χ2n) is 3.57. The van der Waals surface area contributed by atoms with Crippen molar-refractivity contribution in [2.45, 2.75) is 19.4 Å². The number of nitriles is 1. The number of aryl methyl sites for hydroxylation is 1. The van der Waals surface area contributed by atoms with Crippen LogP contribution in [-0.2, 0) is 6.54 Å². The number of nitrogen functional groups attached to an aromatic ring is 1. The standard InChI is InChI=1S/C10H17N5/c1-14(6-2-5-11)7-3-8-15-9-4-10(12)13-15/h4,9H,2-3,6-8H2,1H3,(H2,12,13). The first-order valence-corrected chi connectivity index (χ1v) is 5.07. The van der Waals surface area contributed by atoms with E-state index in [-0.39, 0.29) is 0 Å². The van der Waals surface area contributed by atoms with Gasteiger partial charge in [0.15, 0.2) is 0 Å². The molecule has 1 heterocycles. The Labute approximate surface area is 90.1 Å². The van der Waals surface area contributed by atoms with Crippen molar-refractivity contribution in [2.75, 3.05) is 25.9 Å². The average molecular weight is 207 g/mol. The van der Waals surface area contributed by atoms with Crippen LogP contribution in [0.25, 0.3) is 0 Å². The maximum Gasteiger partial charge on any atom is 0.145 e. The van der Waals surface area contributed by atoms with Gasteiger partial charge in [-0.3, -0.25) is 4.68 Å². The van der Waals surface area contributed by atoms with Crippen LogP contribution in [0.4, 0.5) is 5.82 Å². The molecule has 0 saturated carbocycles. The highest BCUT2D eigenvalue weighted by Gasteiger charge is 1.98. The molecule has 0 aliphatic carbocycles. The van der Waals surface area contributed by atoms with Crippen molar-refractivity contribution in [3.05, 3.63) is 12.3 Å². The highest BCUT2D eigenvalue weighted by Crippen LogP contribution is 1.98. The molecule has 0 fully saturated rings. The Morgan fingerprint density at radius 2 is 2.40 bits per heavy atom. The summed E-state index contributed by atoms with van der Waals surface area (Å²) in [6.07, 6.45) is 3.48. The molecule has 5 nitrogen and oxygen atoms in total. The van der Waals surface area contributed by atoms with Crippen LogP contribution in [-0.4, -0.2) is 34.8 Å². The molecule has 1 aromatic rings. The fourth-order valence-electron chi connectivity index (χ4n) is 1.36. The van der Waals surface area contributed by atoms with Crippen LogP contribution < -0.4 is 5.73 Å². The zero-order valence-corrected chi connectivity index (χ0v) is 9.06. The summed E-state index contributed by atoms with van der Waals surface area (Å²) in [6.45, 7) is 2.67. The summed E-state index contributed by atoms with van der Waals surface area (Å²) < 4.78 is 1.84. The molecule has 82 valence electrons. The first kappa shape index (κ1) is 11.5. The molecule has 0 amide bonds. The van der Waals surface area contributed by atoms with Gasteiger partial charge in [-0.25, -0.2) is 0 Å². The summed E-state index contributed by atoms with van der Waals surface area (Å²) in [5, 5.41) is 12.5. The number of nitrogens with zero attached hydrogens (tertiary/aromatic N) is 4. The quantitative estimate of drug-likeness (QED) is 0.745. The molecule has 0 spiro atoms. The van der Waals surface area contributed by atoms with Crippen LogP contribution in [0.15, 0.2) is 12.3 Å². The minimum Gasteiger partial charge on any atom is -0.382 e. The number of hydrogen-bond acceptors (Lipinski definition) is 4. The normalized spacial score (nSPS) is 10.5. The first-order chi connectivity index (χ1) is 7.22. The fourth-order valence-corrected chi connectivity index (χ4v) is 1.36. The van der Waals surface area contributed by atoms with Crippen molar-refractivity contribution < 1.29 is 0 Å². The van der Waals surface area contributed by atoms with Crippen LogP contribution in [0.1, 0.15) is 12.8 Å². The van der Waals surface area contributed by atoms with Gasteiger partial charge >= 0.3 is 0 Å². The van der Waals surface area contributed by atoms with Crippen LogP contribution >= 0.6 is 0 Å². The van der Waals surface area contributed by atoms with E-state index in [9.17, 15) is 0 Å². The molecular formula is C10H17N5. The third-order valence-corrected chi connectivity index (χ3v) is 2.19. The van der Waals surface area contributed by atoms with E-state index >= 15 is 0 Å². The van der Waals surface area contributed by atoms with Crippen LogP contribution in [0.2, 0.25) is 0 Å².